The molecule has 3 heterocycles. The molecule has 0 N–H and O–H groups in total. The van der Waals surface area contributed by atoms with Crippen LogP contribution in [0.15, 0.2) is 167 Å². The van der Waals surface area contributed by atoms with E-state index in [-0.39, 0.29) is 5.41 Å². The first-order valence-corrected chi connectivity index (χ1v) is 18.1. The topological polar surface area (TPSA) is 52.1 Å². The third-order valence-electron chi connectivity index (χ3n) is 11.1. The maximum atomic E-state index is 6.58. The molecule has 0 saturated heterocycles. The summed E-state index contributed by atoms with van der Waals surface area (Å²) in [5.74, 6) is 0.625. The molecule has 0 fully saturated rings. The number of rotatable bonds is 4. The maximum Gasteiger partial charge on any atom is 0.231 e. The summed E-state index contributed by atoms with van der Waals surface area (Å²) in [4.78, 5) is 10.2. The van der Waals surface area contributed by atoms with Crippen molar-refractivity contribution >= 4 is 44.0 Å². The number of hydrogen-bond acceptors (Lipinski definition) is 4. The molecule has 7 aromatic carbocycles. The Morgan fingerprint density at radius 1 is 0.415 bits per heavy atom. The molecule has 0 spiro atoms. The van der Waals surface area contributed by atoms with Crippen molar-refractivity contribution in [2.75, 3.05) is 0 Å². The summed E-state index contributed by atoms with van der Waals surface area (Å²) >= 11 is 0. The van der Waals surface area contributed by atoms with Crippen molar-refractivity contribution in [2.24, 2.45) is 0 Å². The summed E-state index contributed by atoms with van der Waals surface area (Å²) in [6, 6.07) is 55.4. The van der Waals surface area contributed by atoms with Crippen LogP contribution in [0.1, 0.15) is 25.0 Å². The summed E-state index contributed by atoms with van der Waals surface area (Å²) in [6.07, 6.45) is 0. The van der Waals surface area contributed by atoms with Crippen LogP contribution in [-0.2, 0) is 5.41 Å². The summed E-state index contributed by atoms with van der Waals surface area (Å²) < 4.78 is 12.9. The van der Waals surface area contributed by atoms with Gasteiger partial charge in [-0.15, -0.1) is 0 Å². The molecular weight excluding hydrogens is 649 g/mol. The van der Waals surface area contributed by atoms with Crippen LogP contribution >= 0.6 is 0 Å². The molecule has 11 rings (SSSR count). The van der Waals surface area contributed by atoms with Crippen LogP contribution in [0, 0.1) is 0 Å². The number of furan rings is 2. The van der Waals surface area contributed by atoms with Gasteiger partial charge in [-0.25, -0.2) is 4.98 Å². The number of fused-ring (bicyclic) bond motifs is 9. The van der Waals surface area contributed by atoms with Gasteiger partial charge >= 0.3 is 0 Å². The lowest BCUT2D eigenvalue weighted by atomic mass is 9.82. The van der Waals surface area contributed by atoms with E-state index in [0.717, 1.165) is 77.4 Å². The molecule has 1 aliphatic rings. The monoisotopic (exact) mass is 680 g/mol. The van der Waals surface area contributed by atoms with Gasteiger partial charge in [-0.2, -0.15) is 4.98 Å². The molecular formula is C49H32N2O2. The highest BCUT2D eigenvalue weighted by Gasteiger charge is 2.36. The lowest BCUT2D eigenvalue weighted by Gasteiger charge is -2.21. The van der Waals surface area contributed by atoms with Crippen LogP contribution < -0.4 is 0 Å². The van der Waals surface area contributed by atoms with E-state index in [4.69, 9.17) is 18.8 Å². The highest BCUT2D eigenvalue weighted by atomic mass is 16.3. The second-order valence-electron chi connectivity index (χ2n) is 14.5. The molecule has 250 valence electrons. The Morgan fingerprint density at radius 2 is 1.08 bits per heavy atom. The molecule has 4 nitrogen and oxygen atoms in total. The fraction of sp³-hybridized carbons (Fsp3) is 0.0612. The minimum Gasteiger partial charge on any atom is -0.456 e. The second-order valence-corrected chi connectivity index (χ2v) is 14.5. The fourth-order valence-corrected chi connectivity index (χ4v) is 8.52. The maximum absolute atomic E-state index is 6.58. The van der Waals surface area contributed by atoms with Gasteiger partial charge in [0.1, 0.15) is 16.7 Å². The fourth-order valence-electron chi connectivity index (χ4n) is 8.52. The highest BCUT2D eigenvalue weighted by molar-refractivity contribution is 6.14. The summed E-state index contributed by atoms with van der Waals surface area (Å²) in [6.45, 7) is 4.62. The zero-order valence-corrected chi connectivity index (χ0v) is 29.2. The van der Waals surface area contributed by atoms with E-state index in [1.54, 1.807) is 0 Å². The zero-order chi connectivity index (χ0) is 35.3. The van der Waals surface area contributed by atoms with Crippen molar-refractivity contribution in [3.8, 4) is 56.0 Å². The van der Waals surface area contributed by atoms with Crippen molar-refractivity contribution in [2.45, 2.75) is 19.3 Å². The minimum absolute atomic E-state index is 0.0865. The smallest absolute Gasteiger partial charge is 0.231 e. The molecule has 0 bridgehead atoms. The molecule has 1 aliphatic carbocycles. The largest absolute Gasteiger partial charge is 0.456 e. The van der Waals surface area contributed by atoms with E-state index in [0.29, 0.717) is 11.5 Å². The Balaban J connectivity index is 1.04. The number of hydrogen-bond donors (Lipinski definition) is 0. The van der Waals surface area contributed by atoms with E-state index < -0.39 is 0 Å². The number of nitrogens with zero attached hydrogens (tertiary/aromatic N) is 2. The molecule has 3 aromatic heterocycles. The molecule has 0 amide bonds. The molecule has 0 radical (unpaired) electrons. The van der Waals surface area contributed by atoms with E-state index in [2.05, 4.69) is 135 Å². The van der Waals surface area contributed by atoms with Crippen molar-refractivity contribution in [3.05, 3.63) is 169 Å². The quantitative estimate of drug-likeness (QED) is 0.186. The first kappa shape index (κ1) is 29.9. The van der Waals surface area contributed by atoms with Crippen molar-refractivity contribution < 1.29 is 8.83 Å². The number of para-hydroxylation sites is 1. The Bertz CT molecular complexity index is 3090. The molecule has 53 heavy (non-hydrogen) atoms. The SMILES string of the molecule is CC1(C)c2ccccc2-c2cc3c(cc21)oc1cccc(-c2cccc(-c4cccc(-c5nc(-c6ccccc6)c6c(n5)oc5ccccc56)c4)c2)c13. The van der Waals surface area contributed by atoms with Gasteiger partial charge in [0.25, 0.3) is 0 Å². The molecule has 0 aliphatic heterocycles. The van der Waals surface area contributed by atoms with Crippen LogP contribution in [0.5, 0.6) is 0 Å². The van der Waals surface area contributed by atoms with Gasteiger partial charge in [0, 0.05) is 32.7 Å². The number of aromatic nitrogens is 2. The summed E-state index contributed by atoms with van der Waals surface area (Å²) in [7, 11) is 0. The van der Waals surface area contributed by atoms with E-state index in [1.807, 2.05) is 36.4 Å². The molecule has 0 atom stereocenters. The van der Waals surface area contributed by atoms with Crippen LogP contribution in [-0.4, -0.2) is 9.97 Å². The van der Waals surface area contributed by atoms with Gasteiger partial charge in [-0.05, 0) is 80.9 Å². The molecule has 0 saturated carbocycles. The Kier molecular flexibility index (Phi) is 6.27. The minimum atomic E-state index is -0.0865. The molecule has 10 aromatic rings. The third kappa shape index (κ3) is 4.49. The average Bonchev–Trinajstić information content (AvgIpc) is 3.84. The molecule has 0 unspecified atom stereocenters. The van der Waals surface area contributed by atoms with Crippen LogP contribution in [0.3, 0.4) is 0 Å². The Hall–Kier alpha value is -6.78. The van der Waals surface area contributed by atoms with Gasteiger partial charge in [0.05, 0.1) is 11.1 Å². The van der Waals surface area contributed by atoms with Gasteiger partial charge < -0.3 is 8.83 Å². The van der Waals surface area contributed by atoms with Gasteiger partial charge in [-0.1, -0.05) is 135 Å². The zero-order valence-electron chi connectivity index (χ0n) is 29.2. The summed E-state index contributed by atoms with van der Waals surface area (Å²) in [5, 5.41) is 4.22. The van der Waals surface area contributed by atoms with Crippen molar-refractivity contribution in [1.82, 2.24) is 9.97 Å². The van der Waals surface area contributed by atoms with E-state index in [9.17, 15) is 0 Å². The Labute approximate surface area is 306 Å². The highest BCUT2D eigenvalue weighted by Crippen LogP contribution is 2.51. The lowest BCUT2D eigenvalue weighted by Crippen LogP contribution is -2.14. The van der Waals surface area contributed by atoms with E-state index >= 15 is 0 Å². The van der Waals surface area contributed by atoms with Gasteiger partial charge in [0.15, 0.2) is 5.82 Å². The van der Waals surface area contributed by atoms with Crippen LogP contribution in [0.4, 0.5) is 0 Å². The van der Waals surface area contributed by atoms with Crippen LogP contribution in [0.2, 0.25) is 0 Å². The van der Waals surface area contributed by atoms with Gasteiger partial charge in [-0.3, -0.25) is 0 Å². The van der Waals surface area contributed by atoms with Crippen molar-refractivity contribution in [3.63, 3.8) is 0 Å². The Morgan fingerprint density at radius 3 is 1.94 bits per heavy atom. The van der Waals surface area contributed by atoms with Crippen molar-refractivity contribution in [1.29, 1.82) is 0 Å². The standard InChI is InChI=1S/C49H32N2O2/c1-49(2)39-22-8-6-19-35(39)37-27-38-43(28-40(37)49)52-42-24-12-21-34(44(38)42)32-17-10-15-30(25-32)31-16-11-18-33(26-31)47-50-46(29-13-4-3-5-14-29)45-36-20-7-9-23-41(36)53-48(45)51-47/h3-28H,1-2H3. The van der Waals surface area contributed by atoms with Crippen LogP contribution in [0.25, 0.3) is 100 Å². The second kappa shape index (κ2) is 11.1. The first-order chi connectivity index (χ1) is 26.0. The summed E-state index contributed by atoms with van der Waals surface area (Å²) in [5.41, 5.74) is 15.7. The lowest BCUT2D eigenvalue weighted by molar-refractivity contribution is 0.647. The first-order valence-electron chi connectivity index (χ1n) is 18.1. The average molecular weight is 681 g/mol. The normalized spacial score (nSPS) is 13.2. The molecule has 4 heteroatoms. The predicted molar refractivity (Wildman–Crippen MR) is 216 cm³/mol. The van der Waals surface area contributed by atoms with E-state index in [1.165, 1.54) is 22.3 Å². The predicted octanol–water partition coefficient (Wildman–Crippen LogP) is 13.2. The van der Waals surface area contributed by atoms with Gasteiger partial charge in [0.2, 0.25) is 5.71 Å². The third-order valence-corrected chi connectivity index (χ3v) is 11.1. The number of benzene rings is 7.